The summed E-state index contributed by atoms with van der Waals surface area (Å²) in [5.41, 5.74) is 8.34. The van der Waals surface area contributed by atoms with Crippen LogP contribution in [0.25, 0.3) is 44.5 Å². The normalized spacial score (nSPS) is 10.9. The Kier molecular flexibility index (Phi) is 8.93. The molecule has 0 heterocycles. The highest BCUT2D eigenvalue weighted by Crippen LogP contribution is 2.50. The zero-order chi connectivity index (χ0) is 33.0. The van der Waals surface area contributed by atoms with E-state index >= 15 is 9.59 Å². The lowest BCUT2D eigenvalue weighted by Gasteiger charge is -2.27. The van der Waals surface area contributed by atoms with E-state index in [1.165, 1.54) is 0 Å². The Morgan fingerprint density at radius 2 is 0.562 bits per heavy atom. The van der Waals surface area contributed by atoms with Gasteiger partial charge in [-0.05, 0) is 81.9 Å². The van der Waals surface area contributed by atoms with E-state index in [-0.39, 0.29) is 11.6 Å². The van der Waals surface area contributed by atoms with Crippen molar-refractivity contribution in [3.05, 3.63) is 192 Å². The van der Waals surface area contributed by atoms with Crippen LogP contribution in [0.4, 0.5) is 0 Å². The molecule has 0 aromatic heterocycles. The van der Waals surface area contributed by atoms with Crippen LogP contribution in [0.3, 0.4) is 0 Å². The molecule has 0 unspecified atom stereocenters. The van der Waals surface area contributed by atoms with Gasteiger partial charge in [0.25, 0.3) is 0 Å². The third-order valence-corrected chi connectivity index (χ3v) is 9.06. The Morgan fingerprint density at radius 3 is 0.833 bits per heavy atom. The zero-order valence-electron chi connectivity index (χ0n) is 25.9. The predicted octanol–water partition coefficient (Wildman–Crippen LogP) is 11.4. The van der Waals surface area contributed by atoms with Crippen molar-refractivity contribution in [2.45, 2.75) is 9.79 Å². The molecule has 2 nitrogen and oxygen atoms in total. The third-order valence-electron chi connectivity index (χ3n) is 8.46. The lowest BCUT2D eigenvalue weighted by Crippen LogP contribution is -2.17. The number of carbonyl (C=O) groups excluding carboxylic acids is 2. The molecule has 7 rings (SSSR count). The van der Waals surface area contributed by atoms with Crippen LogP contribution in [0.15, 0.2) is 180 Å². The smallest absolute Gasteiger partial charge is 0.194 e. The van der Waals surface area contributed by atoms with Gasteiger partial charge in [0.05, 0.1) is 0 Å². The summed E-state index contributed by atoms with van der Waals surface area (Å²) in [6.45, 7) is 0. The van der Waals surface area contributed by atoms with Crippen molar-refractivity contribution >= 4 is 36.8 Å². The summed E-state index contributed by atoms with van der Waals surface area (Å²) >= 11 is 8.97. The average molecular weight is 655 g/mol. The first-order valence-corrected chi connectivity index (χ1v) is 16.5. The summed E-state index contributed by atoms with van der Waals surface area (Å²) in [6.07, 6.45) is 0. The SMILES string of the molecule is O=C(c1ccc(S)cc1)c1c(C(=O)c2ccc(S)cc2)c(-c2ccccc2)c(-c2ccccc2)c(-c2ccccc2)c1-c1ccccc1. The van der Waals surface area contributed by atoms with Crippen LogP contribution in [0.5, 0.6) is 0 Å². The van der Waals surface area contributed by atoms with E-state index in [2.05, 4.69) is 49.5 Å². The van der Waals surface area contributed by atoms with Crippen molar-refractivity contribution in [1.29, 1.82) is 0 Å². The molecule has 0 fully saturated rings. The van der Waals surface area contributed by atoms with Gasteiger partial charge < -0.3 is 0 Å². The molecular formula is C44H30O2S2. The monoisotopic (exact) mass is 654 g/mol. The number of ketones is 2. The van der Waals surface area contributed by atoms with E-state index < -0.39 is 0 Å². The number of rotatable bonds is 8. The van der Waals surface area contributed by atoms with Crippen LogP contribution in [0.1, 0.15) is 31.8 Å². The van der Waals surface area contributed by atoms with Crippen LogP contribution in [-0.2, 0) is 0 Å². The van der Waals surface area contributed by atoms with Crippen molar-refractivity contribution in [3.8, 4) is 44.5 Å². The maximum absolute atomic E-state index is 15.2. The van der Waals surface area contributed by atoms with Crippen LogP contribution in [0, 0.1) is 0 Å². The van der Waals surface area contributed by atoms with Crippen molar-refractivity contribution in [3.63, 3.8) is 0 Å². The Balaban J connectivity index is 1.77. The maximum Gasteiger partial charge on any atom is 0.194 e. The molecular weight excluding hydrogens is 625 g/mol. The van der Waals surface area contributed by atoms with Crippen LogP contribution >= 0.6 is 25.3 Å². The molecule has 0 saturated carbocycles. The molecule has 0 N–H and O–H groups in total. The molecule has 0 atom stereocenters. The lowest BCUT2D eigenvalue weighted by atomic mass is 9.74. The minimum absolute atomic E-state index is 0.245. The Labute approximate surface area is 291 Å². The Bertz CT molecular complexity index is 2070. The van der Waals surface area contributed by atoms with E-state index in [0.29, 0.717) is 33.4 Å². The number of hydrogen-bond donors (Lipinski definition) is 2. The van der Waals surface area contributed by atoms with E-state index in [1.54, 1.807) is 48.5 Å². The summed E-state index contributed by atoms with van der Waals surface area (Å²) in [5.74, 6) is -0.490. The molecule has 48 heavy (non-hydrogen) atoms. The molecule has 7 aromatic rings. The minimum atomic E-state index is -0.245. The van der Waals surface area contributed by atoms with E-state index in [0.717, 1.165) is 43.2 Å². The number of carbonyl (C=O) groups is 2. The molecule has 0 aliphatic carbocycles. The van der Waals surface area contributed by atoms with Gasteiger partial charge in [0.1, 0.15) is 0 Å². The summed E-state index contributed by atoms with van der Waals surface area (Å²) in [7, 11) is 0. The van der Waals surface area contributed by atoms with E-state index in [4.69, 9.17) is 0 Å². The first-order chi connectivity index (χ1) is 23.5. The quantitative estimate of drug-likeness (QED) is 0.126. The van der Waals surface area contributed by atoms with Crippen molar-refractivity contribution in [2.24, 2.45) is 0 Å². The zero-order valence-corrected chi connectivity index (χ0v) is 27.7. The predicted molar refractivity (Wildman–Crippen MR) is 202 cm³/mol. The van der Waals surface area contributed by atoms with E-state index in [1.807, 2.05) is 97.1 Å². The molecule has 230 valence electrons. The Morgan fingerprint density at radius 1 is 0.312 bits per heavy atom. The fourth-order valence-corrected chi connectivity index (χ4v) is 6.59. The van der Waals surface area contributed by atoms with Crippen LogP contribution in [-0.4, -0.2) is 11.6 Å². The Hall–Kier alpha value is -5.42. The van der Waals surface area contributed by atoms with Crippen LogP contribution in [0.2, 0.25) is 0 Å². The molecule has 0 amide bonds. The van der Waals surface area contributed by atoms with Gasteiger partial charge in [-0.3, -0.25) is 9.59 Å². The lowest BCUT2D eigenvalue weighted by molar-refractivity contribution is 0.100. The van der Waals surface area contributed by atoms with Crippen molar-refractivity contribution in [1.82, 2.24) is 0 Å². The number of hydrogen-bond acceptors (Lipinski definition) is 4. The largest absolute Gasteiger partial charge is 0.289 e. The van der Waals surface area contributed by atoms with Gasteiger partial charge in [0, 0.05) is 43.2 Å². The summed E-state index contributed by atoms with van der Waals surface area (Å²) < 4.78 is 0. The second kappa shape index (κ2) is 13.7. The summed E-state index contributed by atoms with van der Waals surface area (Å²) in [5, 5.41) is 0. The molecule has 0 aliphatic rings. The van der Waals surface area contributed by atoms with Gasteiger partial charge in [-0.15, -0.1) is 25.3 Å². The van der Waals surface area contributed by atoms with Gasteiger partial charge in [0.15, 0.2) is 11.6 Å². The number of benzene rings is 7. The highest BCUT2D eigenvalue weighted by Gasteiger charge is 2.34. The fourth-order valence-electron chi connectivity index (χ4n) is 6.29. The third kappa shape index (κ3) is 6.04. The second-order valence-corrected chi connectivity index (χ2v) is 12.5. The van der Waals surface area contributed by atoms with Crippen molar-refractivity contribution < 1.29 is 9.59 Å². The molecule has 0 radical (unpaired) electrons. The molecule has 4 heteroatoms. The van der Waals surface area contributed by atoms with Crippen molar-refractivity contribution in [2.75, 3.05) is 0 Å². The van der Waals surface area contributed by atoms with Gasteiger partial charge in [-0.25, -0.2) is 0 Å². The fraction of sp³-hybridized carbons (Fsp3) is 0. The van der Waals surface area contributed by atoms with Gasteiger partial charge in [-0.2, -0.15) is 0 Å². The summed E-state index contributed by atoms with van der Waals surface area (Å²) in [4.78, 5) is 31.9. The van der Waals surface area contributed by atoms with Gasteiger partial charge >= 0.3 is 0 Å². The highest BCUT2D eigenvalue weighted by molar-refractivity contribution is 7.80. The number of thiol groups is 2. The standard InChI is InChI=1S/C44H30O2S2/c45-43(33-21-25-35(47)26-22-33)41-39(31-17-9-3-10-18-31)37(29-13-5-1-6-14-29)38(30-15-7-2-8-16-30)40(32-19-11-4-12-20-32)42(41)44(46)34-23-27-36(48)28-24-34/h1-28,47-48H. The van der Waals surface area contributed by atoms with Gasteiger partial charge in [0.2, 0.25) is 0 Å². The average Bonchev–Trinajstić information content (AvgIpc) is 3.15. The molecule has 0 saturated heterocycles. The van der Waals surface area contributed by atoms with E-state index in [9.17, 15) is 0 Å². The summed E-state index contributed by atoms with van der Waals surface area (Å²) in [6, 6.07) is 54.4. The van der Waals surface area contributed by atoms with Gasteiger partial charge in [-0.1, -0.05) is 121 Å². The van der Waals surface area contributed by atoms with Crippen LogP contribution < -0.4 is 0 Å². The second-order valence-electron chi connectivity index (χ2n) is 11.5. The highest BCUT2D eigenvalue weighted by atomic mass is 32.1. The maximum atomic E-state index is 15.2. The topological polar surface area (TPSA) is 34.1 Å². The first kappa shape index (κ1) is 31.2. The molecule has 7 aromatic carbocycles. The molecule has 0 aliphatic heterocycles. The minimum Gasteiger partial charge on any atom is -0.289 e. The molecule has 0 spiro atoms. The first-order valence-electron chi connectivity index (χ1n) is 15.6. The molecule has 0 bridgehead atoms.